The monoisotopic (exact) mass is 311 g/mol. The summed E-state index contributed by atoms with van der Waals surface area (Å²) in [5, 5.41) is 12.5. The summed E-state index contributed by atoms with van der Waals surface area (Å²) < 4.78 is 22.8. The number of phenols is 1. The second-order valence-electron chi connectivity index (χ2n) is 5.91. The molecule has 1 aliphatic rings. The largest absolute Gasteiger partial charge is 0.507 e. The fourth-order valence-corrected chi connectivity index (χ4v) is 4.32. The third-order valence-corrected chi connectivity index (χ3v) is 5.65. The average Bonchev–Trinajstić information content (AvgIpc) is 2.76. The van der Waals surface area contributed by atoms with Crippen LogP contribution in [0.2, 0.25) is 0 Å². The molecule has 0 aromatic heterocycles. The molecule has 116 valence electrons. The molecule has 0 bridgehead atoms. The lowest BCUT2D eigenvalue weighted by Gasteiger charge is -2.12. The minimum Gasteiger partial charge on any atom is -0.507 e. The molecule has 1 fully saturated rings. The van der Waals surface area contributed by atoms with Crippen LogP contribution in [0.15, 0.2) is 18.2 Å². The van der Waals surface area contributed by atoms with Crippen LogP contribution in [0.1, 0.15) is 42.1 Å². The van der Waals surface area contributed by atoms with E-state index in [1.165, 1.54) is 6.07 Å². The molecule has 1 aliphatic heterocycles. The first-order valence-electron chi connectivity index (χ1n) is 7.10. The van der Waals surface area contributed by atoms with Crippen LogP contribution in [0, 0.1) is 5.92 Å². The van der Waals surface area contributed by atoms with Crippen molar-refractivity contribution in [3.63, 3.8) is 0 Å². The van der Waals surface area contributed by atoms with Gasteiger partial charge in [-0.3, -0.25) is 4.79 Å². The molecule has 5 nitrogen and oxygen atoms in total. The summed E-state index contributed by atoms with van der Waals surface area (Å²) in [6.07, 6.45) is 0.584. The first-order chi connectivity index (χ1) is 9.78. The summed E-state index contributed by atoms with van der Waals surface area (Å²) in [5.41, 5.74) is 1.21. The highest BCUT2D eigenvalue weighted by Gasteiger charge is 2.28. The van der Waals surface area contributed by atoms with Gasteiger partial charge in [0.05, 0.1) is 17.1 Å². The molecule has 0 spiro atoms. The summed E-state index contributed by atoms with van der Waals surface area (Å²) >= 11 is 0. The minimum absolute atomic E-state index is 0.0330. The van der Waals surface area contributed by atoms with Crippen LogP contribution in [0.5, 0.6) is 5.75 Å². The number of aromatic hydroxyl groups is 1. The lowest BCUT2D eigenvalue weighted by molar-refractivity contribution is 0.0945. The maximum absolute atomic E-state index is 12.1. The number of carbonyl (C=O) groups is 1. The normalized spacial score (nSPS) is 20.6. The Morgan fingerprint density at radius 2 is 2.14 bits per heavy atom. The third kappa shape index (κ3) is 3.97. The van der Waals surface area contributed by atoms with Crippen molar-refractivity contribution in [3.05, 3.63) is 29.3 Å². The highest BCUT2D eigenvalue weighted by Crippen LogP contribution is 2.23. The van der Waals surface area contributed by atoms with E-state index in [-0.39, 0.29) is 40.6 Å². The van der Waals surface area contributed by atoms with E-state index in [4.69, 9.17) is 0 Å². The van der Waals surface area contributed by atoms with Gasteiger partial charge in [0.1, 0.15) is 5.75 Å². The lowest BCUT2D eigenvalue weighted by Crippen LogP contribution is -2.30. The van der Waals surface area contributed by atoms with E-state index in [9.17, 15) is 18.3 Å². The maximum Gasteiger partial charge on any atom is 0.255 e. The van der Waals surface area contributed by atoms with Gasteiger partial charge in [-0.1, -0.05) is 19.9 Å². The average molecular weight is 311 g/mol. The Kier molecular flexibility index (Phi) is 4.56. The number of rotatable bonds is 4. The number of hydrogen-bond acceptors (Lipinski definition) is 4. The van der Waals surface area contributed by atoms with Crippen LogP contribution in [0.4, 0.5) is 0 Å². The van der Waals surface area contributed by atoms with E-state index >= 15 is 0 Å². The molecule has 0 unspecified atom stereocenters. The van der Waals surface area contributed by atoms with Crippen molar-refractivity contribution < 1.29 is 18.3 Å². The fraction of sp³-hybridized carbons (Fsp3) is 0.533. The molecule has 1 aromatic rings. The number of nitrogens with one attached hydrogen (secondary N) is 1. The van der Waals surface area contributed by atoms with E-state index in [1.54, 1.807) is 12.1 Å². The minimum atomic E-state index is -2.93. The summed E-state index contributed by atoms with van der Waals surface area (Å²) in [6.45, 7) is 4.35. The zero-order chi connectivity index (χ0) is 15.6. The number of phenolic OH excluding ortho intramolecular Hbond substituents is 1. The van der Waals surface area contributed by atoms with Crippen molar-refractivity contribution in [1.29, 1.82) is 0 Å². The molecule has 0 saturated carbocycles. The van der Waals surface area contributed by atoms with Gasteiger partial charge in [0.25, 0.3) is 5.91 Å². The van der Waals surface area contributed by atoms with Crippen LogP contribution in [-0.4, -0.2) is 37.5 Å². The molecule has 1 saturated heterocycles. The summed E-state index contributed by atoms with van der Waals surface area (Å²) in [5.74, 6) is 0.133. The quantitative estimate of drug-likeness (QED) is 0.886. The summed E-state index contributed by atoms with van der Waals surface area (Å²) in [4.78, 5) is 12.1. The van der Waals surface area contributed by atoms with Gasteiger partial charge in [0.15, 0.2) is 9.84 Å². The predicted molar refractivity (Wildman–Crippen MR) is 81.3 cm³/mol. The highest BCUT2D eigenvalue weighted by molar-refractivity contribution is 7.91. The number of carbonyl (C=O) groups excluding carboxylic acids is 1. The zero-order valence-electron chi connectivity index (χ0n) is 12.3. The van der Waals surface area contributed by atoms with Gasteiger partial charge in [-0.2, -0.15) is 0 Å². The molecule has 1 aromatic carbocycles. The van der Waals surface area contributed by atoms with Gasteiger partial charge in [-0.05, 0) is 36.0 Å². The van der Waals surface area contributed by atoms with Crippen molar-refractivity contribution in [2.45, 2.75) is 26.2 Å². The van der Waals surface area contributed by atoms with Gasteiger partial charge in [0, 0.05) is 6.54 Å². The summed E-state index contributed by atoms with van der Waals surface area (Å²) in [7, 11) is -2.93. The molecular formula is C15H21NO4S. The second-order valence-corrected chi connectivity index (χ2v) is 8.14. The molecular weight excluding hydrogens is 290 g/mol. The van der Waals surface area contributed by atoms with Crippen LogP contribution in [0.25, 0.3) is 0 Å². The van der Waals surface area contributed by atoms with E-state index in [0.717, 1.165) is 5.56 Å². The Bertz CT molecular complexity index is 637. The molecule has 0 radical (unpaired) electrons. The summed E-state index contributed by atoms with van der Waals surface area (Å²) in [6, 6.07) is 4.99. The topological polar surface area (TPSA) is 83.5 Å². The molecule has 1 heterocycles. The Balaban J connectivity index is 2.02. The Morgan fingerprint density at radius 1 is 1.43 bits per heavy atom. The first-order valence-corrected chi connectivity index (χ1v) is 8.92. The Morgan fingerprint density at radius 3 is 2.71 bits per heavy atom. The molecule has 21 heavy (non-hydrogen) atoms. The van der Waals surface area contributed by atoms with Crippen molar-refractivity contribution in [1.82, 2.24) is 5.32 Å². The SMILES string of the molecule is CC(C)c1ccc(O)c(C(=O)NC[C@H]2CCS(=O)(=O)C2)c1. The van der Waals surface area contributed by atoms with Gasteiger partial charge < -0.3 is 10.4 Å². The van der Waals surface area contributed by atoms with E-state index < -0.39 is 9.84 Å². The zero-order valence-corrected chi connectivity index (χ0v) is 13.1. The third-order valence-electron chi connectivity index (χ3n) is 3.81. The number of benzene rings is 1. The van der Waals surface area contributed by atoms with Crippen molar-refractivity contribution in [2.24, 2.45) is 5.92 Å². The van der Waals surface area contributed by atoms with Crippen LogP contribution in [0.3, 0.4) is 0 Å². The van der Waals surface area contributed by atoms with E-state index in [1.807, 2.05) is 13.8 Å². The molecule has 1 atom stereocenters. The smallest absolute Gasteiger partial charge is 0.255 e. The van der Waals surface area contributed by atoms with E-state index in [2.05, 4.69) is 5.32 Å². The van der Waals surface area contributed by atoms with Crippen molar-refractivity contribution in [3.8, 4) is 5.75 Å². The second kappa shape index (κ2) is 6.05. The standard InChI is InChI=1S/C15H21NO4S/c1-10(2)12-3-4-14(17)13(7-12)15(18)16-8-11-5-6-21(19,20)9-11/h3-4,7,10-11,17H,5-6,8-9H2,1-2H3,(H,16,18)/t11-/m1/s1. The maximum atomic E-state index is 12.1. The van der Waals surface area contributed by atoms with Crippen molar-refractivity contribution in [2.75, 3.05) is 18.1 Å². The van der Waals surface area contributed by atoms with Crippen LogP contribution >= 0.6 is 0 Å². The van der Waals surface area contributed by atoms with Crippen LogP contribution < -0.4 is 5.32 Å². The molecule has 2 rings (SSSR count). The van der Waals surface area contributed by atoms with E-state index in [0.29, 0.717) is 13.0 Å². The number of hydrogen-bond donors (Lipinski definition) is 2. The van der Waals surface area contributed by atoms with Gasteiger partial charge in [0.2, 0.25) is 0 Å². The van der Waals surface area contributed by atoms with Gasteiger partial charge in [-0.15, -0.1) is 0 Å². The first kappa shape index (κ1) is 15.8. The van der Waals surface area contributed by atoms with Crippen molar-refractivity contribution >= 4 is 15.7 Å². The number of amides is 1. The molecule has 2 N–H and O–H groups in total. The molecule has 0 aliphatic carbocycles. The highest BCUT2D eigenvalue weighted by atomic mass is 32.2. The predicted octanol–water partition coefficient (Wildman–Crippen LogP) is 1.68. The Hall–Kier alpha value is -1.56. The number of sulfone groups is 1. The van der Waals surface area contributed by atoms with Gasteiger partial charge >= 0.3 is 0 Å². The Labute approximate surface area is 125 Å². The fourth-order valence-electron chi connectivity index (χ4n) is 2.46. The van der Waals surface area contributed by atoms with Crippen LogP contribution in [-0.2, 0) is 9.84 Å². The van der Waals surface area contributed by atoms with Gasteiger partial charge in [-0.25, -0.2) is 8.42 Å². The molecule has 6 heteroatoms. The lowest BCUT2D eigenvalue weighted by atomic mass is 10.00. The molecule has 1 amide bonds.